The highest BCUT2D eigenvalue weighted by Crippen LogP contribution is 2.29. The fourth-order valence-electron chi connectivity index (χ4n) is 4.01. The van der Waals surface area contributed by atoms with Crippen molar-refractivity contribution in [3.05, 3.63) is 59.7 Å². The molecule has 0 aliphatic carbocycles. The van der Waals surface area contributed by atoms with Gasteiger partial charge in [-0.3, -0.25) is 4.79 Å². The first-order chi connectivity index (χ1) is 15.6. The second-order valence-corrected chi connectivity index (χ2v) is 7.76. The van der Waals surface area contributed by atoms with Gasteiger partial charge in [0.2, 0.25) is 5.91 Å². The van der Waals surface area contributed by atoms with Gasteiger partial charge in [0.25, 0.3) is 0 Å². The van der Waals surface area contributed by atoms with Crippen molar-refractivity contribution in [2.45, 2.75) is 38.1 Å². The van der Waals surface area contributed by atoms with Gasteiger partial charge in [0.15, 0.2) is 18.1 Å². The zero-order valence-corrected chi connectivity index (χ0v) is 18.8. The van der Waals surface area contributed by atoms with E-state index in [1.165, 1.54) is 5.56 Å². The first-order valence-corrected chi connectivity index (χ1v) is 10.9. The fraction of sp³-hybridized carbons (Fsp3) is 0.385. The molecule has 6 heteroatoms. The molecule has 0 saturated carbocycles. The number of nitriles is 1. The molecule has 2 aromatic rings. The van der Waals surface area contributed by atoms with Crippen molar-refractivity contribution < 1.29 is 19.0 Å². The molecule has 168 valence electrons. The molecule has 1 atom stereocenters. The normalized spacial score (nSPS) is 15.9. The van der Waals surface area contributed by atoms with Crippen LogP contribution in [0.15, 0.2) is 48.5 Å². The Morgan fingerprint density at radius 1 is 1.12 bits per heavy atom. The fourth-order valence-corrected chi connectivity index (χ4v) is 4.01. The molecule has 2 aromatic carbocycles. The third-order valence-corrected chi connectivity index (χ3v) is 5.73. The molecule has 6 nitrogen and oxygen atoms in total. The van der Waals surface area contributed by atoms with E-state index in [1.54, 1.807) is 32.4 Å². The Hall–Kier alpha value is -3.46. The van der Waals surface area contributed by atoms with E-state index in [0.717, 1.165) is 55.7 Å². The van der Waals surface area contributed by atoms with Crippen LogP contribution in [0.25, 0.3) is 6.08 Å². The number of benzene rings is 2. The number of nitrogens with zero attached hydrogens (tertiary/aromatic N) is 2. The van der Waals surface area contributed by atoms with E-state index in [0.29, 0.717) is 5.75 Å². The van der Waals surface area contributed by atoms with Crippen molar-refractivity contribution in [2.75, 3.05) is 27.4 Å². The van der Waals surface area contributed by atoms with Gasteiger partial charge >= 0.3 is 0 Å². The van der Waals surface area contributed by atoms with Crippen LogP contribution < -0.4 is 14.2 Å². The number of rotatable bonds is 9. The van der Waals surface area contributed by atoms with Crippen molar-refractivity contribution in [1.29, 1.82) is 5.26 Å². The lowest BCUT2D eigenvalue weighted by Gasteiger charge is -2.35. The zero-order chi connectivity index (χ0) is 22.8. The Bertz CT molecular complexity index is 963. The minimum absolute atomic E-state index is 0.0212. The van der Waals surface area contributed by atoms with Crippen LogP contribution in [0.5, 0.6) is 17.2 Å². The maximum atomic E-state index is 12.9. The van der Waals surface area contributed by atoms with Crippen molar-refractivity contribution in [1.82, 2.24) is 4.90 Å². The third-order valence-electron chi connectivity index (χ3n) is 5.73. The van der Waals surface area contributed by atoms with Crippen molar-refractivity contribution in [2.24, 2.45) is 0 Å². The minimum Gasteiger partial charge on any atom is -0.493 e. The van der Waals surface area contributed by atoms with E-state index in [2.05, 4.69) is 6.07 Å². The zero-order valence-electron chi connectivity index (χ0n) is 18.8. The number of amides is 1. The number of methoxy groups -OCH3 is 2. The van der Waals surface area contributed by atoms with Crippen LogP contribution in [0.2, 0.25) is 0 Å². The molecule has 1 amide bonds. The molecule has 1 unspecified atom stereocenters. The lowest BCUT2D eigenvalue weighted by Crippen LogP contribution is -2.43. The standard InChI is InChI=1S/C26H30N2O4/c1-30-24-14-9-21(19-25(24)31-2)6-11-22-5-3-4-17-28(22)26(29)15-10-20-7-12-23(13-8-20)32-18-16-27/h7-10,12-15,19,22H,3-6,11,17-18H2,1-2H3/b15-10+. The Labute approximate surface area is 190 Å². The Balaban J connectivity index is 1.60. The van der Waals surface area contributed by atoms with Crippen LogP contribution >= 0.6 is 0 Å². The number of hydrogen-bond donors (Lipinski definition) is 0. The highest BCUT2D eigenvalue weighted by Gasteiger charge is 2.25. The highest BCUT2D eigenvalue weighted by atomic mass is 16.5. The minimum atomic E-state index is 0.0212. The van der Waals surface area contributed by atoms with Gasteiger partial charge in [0, 0.05) is 18.7 Å². The van der Waals surface area contributed by atoms with Gasteiger partial charge in [-0.2, -0.15) is 5.26 Å². The van der Waals surface area contributed by atoms with Crippen LogP contribution in [0.4, 0.5) is 0 Å². The van der Waals surface area contributed by atoms with E-state index in [4.69, 9.17) is 19.5 Å². The Morgan fingerprint density at radius 3 is 2.62 bits per heavy atom. The predicted molar refractivity (Wildman–Crippen MR) is 124 cm³/mol. The Morgan fingerprint density at radius 2 is 1.91 bits per heavy atom. The smallest absolute Gasteiger partial charge is 0.246 e. The molecule has 0 N–H and O–H groups in total. The molecule has 1 aliphatic heterocycles. The van der Waals surface area contributed by atoms with E-state index < -0.39 is 0 Å². The van der Waals surface area contributed by atoms with Gasteiger partial charge in [0.05, 0.1) is 14.2 Å². The number of ether oxygens (including phenoxy) is 3. The topological polar surface area (TPSA) is 71.8 Å². The van der Waals surface area contributed by atoms with Crippen LogP contribution in [-0.2, 0) is 11.2 Å². The van der Waals surface area contributed by atoms with Crippen molar-refractivity contribution in [3.63, 3.8) is 0 Å². The SMILES string of the molecule is COc1ccc(CCC2CCCCN2C(=O)/C=C/c2ccc(OCC#N)cc2)cc1OC. The number of carbonyl (C=O) groups excluding carboxylic acids is 1. The summed E-state index contributed by atoms with van der Waals surface area (Å²) in [6, 6.07) is 15.5. The van der Waals surface area contributed by atoms with E-state index in [1.807, 2.05) is 41.3 Å². The second kappa shape index (κ2) is 11.8. The molecule has 1 heterocycles. The molecule has 0 bridgehead atoms. The van der Waals surface area contributed by atoms with Gasteiger partial charge < -0.3 is 19.1 Å². The van der Waals surface area contributed by atoms with Crippen molar-refractivity contribution in [3.8, 4) is 23.3 Å². The average molecular weight is 435 g/mol. The molecule has 3 rings (SSSR count). The largest absolute Gasteiger partial charge is 0.493 e. The molecule has 1 saturated heterocycles. The summed E-state index contributed by atoms with van der Waals surface area (Å²) in [5.41, 5.74) is 2.09. The predicted octanol–water partition coefficient (Wildman–Crippen LogP) is 4.63. The summed E-state index contributed by atoms with van der Waals surface area (Å²) < 4.78 is 16.0. The summed E-state index contributed by atoms with van der Waals surface area (Å²) in [6.07, 6.45) is 8.49. The van der Waals surface area contributed by atoms with Crippen LogP contribution in [0, 0.1) is 11.3 Å². The number of hydrogen-bond acceptors (Lipinski definition) is 5. The third kappa shape index (κ3) is 6.27. The summed E-state index contributed by atoms with van der Waals surface area (Å²) >= 11 is 0. The van der Waals surface area contributed by atoms with E-state index in [-0.39, 0.29) is 18.6 Å². The summed E-state index contributed by atoms with van der Waals surface area (Å²) in [7, 11) is 3.27. The summed E-state index contributed by atoms with van der Waals surface area (Å²) in [4.78, 5) is 14.9. The maximum Gasteiger partial charge on any atom is 0.246 e. The maximum absolute atomic E-state index is 12.9. The monoisotopic (exact) mass is 434 g/mol. The van der Waals surface area contributed by atoms with Crippen LogP contribution in [0.1, 0.15) is 36.8 Å². The molecule has 0 radical (unpaired) electrons. The number of piperidine rings is 1. The molecule has 0 spiro atoms. The first-order valence-electron chi connectivity index (χ1n) is 10.9. The summed E-state index contributed by atoms with van der Waals surface area (Å²) in [5.74, 6) is 2.14. The Kier molecular flexibility index (Phi) is 8.56. The molecular formula is C26H30N2O4. The van der Waals surface area contributed by atoms with Gasteiger partial charge in [-0.05, 0) is 73.6 Å². The van der Waals surface area contributed by atoms with Crippen molar-refractivity contribution >= 4 is 12.0 Å². The van der Waals surface area contributed by atoms with E-state index in [9.17, 15) is 4.79 Å². The lowest BCUT2D eigenvalue weighted by molar-refractivity contribution is -0.129. The molecular weight excluding hydrogens is 404 g/mol. The van der Waals surface area contributed by atoms with E-state index >= 15 is 0 Å². The quantitative estimate of drug-likeness (QED) is 0.538. The van der Waals surface area contributed by atoms with Gasteiger partial charge in [-0.1, -0.05) is 18.2 Å². The number of likely N-dealkylation sites (tertiary alicyclic amines) is 1. The van der Waals surface area contributed by atoms with Gasteiger partial charge in [0.1, 0.15) is 11.8 Å². The highest BCUT2D eigenvalue weighted by molar-refractivity contribution is 5.92. The summed E-state index contributed by atoms with van der Waals surface area (Å²) in [5, 5.41) is 8.58. The van der Waals surface area contributed by atoms with Gasteiger partial charge in [-0.25, -0.2) is 0 Å². The molecule has 0 aromatic heterocycles. The summed E-state index contributed by atoms with van der Waals surface area (Å²) in [6.45, 7) is 0.814. The van der Waals surface area contributed by atoms with Crippen LogP contribution in [0.3, 0.4) is 0 Å². The average Bonchev–Trinajstić information content (AvgIpc) is 2.85. The van der Waals surface area contributed by atoms with Gasteiger partial charge in [-0.15, -0.1) is 0 Å². The number of aryl methyl sites for hydroxylation is 1. The molecule has 1 aliphatic rings. The number of carbonyl (C=O) groups is 1. The first kappa shape index (κ1) is 23.2. The molecule has 32 heavy (non-hydrogen) atoms. The molecule has 1 fully saturated rings. The lowest BCUT2D eigenvalue weighted by atomic mass is 9.95. The van der Waals surface area contributed by atoms with Crippen LogP contribution in [-0.4, -0.2) is 44.2 Å². The second-order valence-electron chi connectivity index (χ2n) is 7.76.